The molecule has 0 aliphatic carbocycles. The average Bonchev–Trinajstić information content (AvgIpc) is 2.70. The van der Waals surface area contributed by atoms with Crippen LogP contribution < -0.4 is 5.32 Å². The summed E-state index contributed by atoms with van der Waals surface area (Å²) in [4.78, 5) is 36.9. The van der Waals surface area contributed by atoms with Crippen molar-refractivity contribution in [3.63, 3.8) is 0 Å². The maximum Gasteiger partial charge on any atom is 0.306 e. The van der Waals surface area contributed by atoms with Gasteiger partial charge in [0, 0.05) is 32.5 Å². The molecule has 1 fully saturated rings. The van der Waals surface area contributed by atoms with Crippen LogP contribution in [0.15, 0.2) is 24.3 Å². The number of likely N-dealkylation sites (tertiary alicyclic amines) is 1. The Morgan fingerprint density at radius 1 is 1.11 bits per heavy atom. The number of esters is 1. The number of amides is 2. The van der Waals surface area contributed by atoms with Crippen molar-refractivity contribution >= 4 is 17.8 Å². The lowest BCUT2D eigenvalue weighted by atomic mass is 9.92. The first-order chi connectivity index (χ1) is 13.0. The summed E-state index contributed by atoms with van der Waals surface area (Å²) in [6, 6.07) is 6.06. The third-order valence-electron chi connectivity index (χ3n) is 4.92. The maximum absolute atomic E-state index is 12.9. The molecule has 1 saturated heterocycles. The lowest BCUT2D eigenvalue weighted by Gasteiger charge is -2.32. The van der Waals surface area contributed by atoms with Crippen LogP contribution in [0.25, 0.3) is 0 Å². The normalized spacial score (nSPS) is 14.7. The third-order valence-corrected chi connectivity index (χ3v) is 4.92. The topological polar surface area (TPSA) is 75.7 Å². The van der Waals surface area contributed by atoms with Crippen molar-refractivity contribution in [1.29, 1.82) is 0 Å². The van der Waals surface area contributed by atoms with Crippen LogP contribution in [-0.2, 0) is 25.7 Å². The van der Waals surface area contributed by atoms with Crippen LogP contribution in [0.5, 0.6) is 0 Å². The molecule has 1 aliphatic heterocycles. The molecule has 6 nitrogen and oxygen atoms in total. The van der Waals surface area contributed by atoms with Crippen molar-refractivity contribution in [3.05, 3.63) is 35.6 Å². The molecule has 7 heteroatoms. The first-order valence-corrected chi connectivity index (χ1v) is 9.33. The zero-order chi connectivity index (χ0) is 19.6. The van der Waals surface area contributed by atoms with Gasteiger partial charge in [0.2, 0.25) is 11.8 Å². The molecule has 1 N–H and O–H groups in total. The number of hydrogen-bond acceptors (Lipinski definition) is 4. The van der Waals surface area contributed by atoms with Gasteiger partial charge < -0.3 is 15.0 Å². The number of hydrogen-bond donors (Lipinski definition) is 1. The lowest BCUT2D eigenvalue weighted by molar-refractivity contribution is -0.144. The number of carbonyl (C=O) groups excluding carboxylic acids is 3. The molecule has 0 saturated carbocycles. The minimum absolute atomic E-state index is 0.0177. The minimum atomic E-state index is -0.370. The van der Waals surface area contributed by atoms with Gasteiger partial charge >= 0.3 is 5.97 Å². The van der Waals surface area contributed by atoms with E-state index in [1.165, 1.54) is 19.2 Å². The number of nitrogens with zero attached hydrogens (tertiary/aromatic N) is 1. The van der Waals surface area contributed by atoms with E-state index in [2.05, 4.69) is 10.1 Å². The quantitative estimate of drug-likeness (QED) is 0.705. The van der Waals surface area contributed by atoms with Crippen molar-refractivity contribution in [1.82, 2.24) is 10.2 Å². The van der Waals surface area contributed by atoms with Gasteiger partial charge in [-0.1, -0.05) is 12.1 Å². The van der Waals surface area contributed by atoms with Gasteiger partial charge in [0.25, 0.3) is 0 Å². The molecule has 1 aromatic rings. The van der Waals surface area contributed by atoms with Crippen LogP contribution in [-0.4, -0.2) is 42.9 Å². The first-order valence-electron chi connectivity index (χ1n) is 9.33. The largest absolute Gasteiger partial charge is 0.469 e. The van der Waals surface area contributed by atoms with E-state index in [-0.39, 0.29) is 36.4 Å². The van der Waals surface area contributed by atoms with Crippen LogP contribution in [0.3, 0.4) is 0 Å². The molecule has 0 aromatic heterocycles. The number of rotatable bonds is 8. The Bertz CT molecular complexity index is 640. The second-order valence-corrected chi connectivity index (χ2v) is 6.84. The predicted molar refractivity (Wildman–Crippen MR) is 98.0 cm³/mol. The monoisotopic (exact) mass is 378 g/mol. The van der Waals surface area contributed by atoms with E-state index >= 15 is 0 Å². The summed E-state index contributed by atoms with van der Waals surface area (Å²) in [5, 5.41) is 2.85. The number of ether oxygens (including phenoxy) is 1. The van der Waals surface area contributed by atoms with Gasteiger partial charge in [-0.2, -0.15) is 0 Å². The second-order valence-electron chi connectivity index (χ2n) is 6.84. The number of halogens is 1. The van der Waals surface area contributed by atoms with Crippen molar-refractivity contribution in [2.75, 3.05) is 20.2 Å². The molecule has 1 aromatic carbocycles. The van der Waals surface area contributed by atoms with Gasteiger partial charge in [-0.15, -0.1) is 0 Å². The third kappa shape index (κ3) is 7.37. The van der Waals surface area contributed by atoms with Crippen LogP contribution in [0, 0.1) is 11.7 Å². The maximum atomic E-state index is 12.9. The number of methoxy groups -OCH3 is 1. The summed E-state index contributed by atoms with van der Waals surface area (Å²) < 4.78 is 17.4. The van der Waals surface area contributed by atoms with Gasteiger partial charge in [0.05, 0.1) is 13.5 Å². The fourth-order valence-electron chi connectivity index (χ4n) is 3.17. The molecule has 0 spiro atoms. The van der Waals surface area contributed by atoms with E-state index < -0.39 is 0 Å². The molecule has 0 bridgehead atoms. The van der Waals surface area contributed by atoms with Crippen LogP contribution in [0.1, 0.15) is 44.1 Å². The van der Waals surface area contributed by atoms with E-state index in [1.54, 1.807) is 17.0 Å². The number of nitrogens with one attached hydrogen (secondary N) is 1. The summed E-state index contributed by atoms with van der Waals surface area (Å²) in [6.07, 6.45) is 3.28. The number of benzene rings is 1. The molecule has 1 heterocycles. The minimum Gasteiger partial charge on any atom is -0.469 e. The standard InChI is InChI=1S/C20H27FN2O4/c1-27-20(26)9-8-19(25)23-12-10-15(11-13-23)4-7-18(24)22-14-16-2-5-17(21)6-3-16/h2-3,5-6,15H,4,7-14H2,1H3,(H,22,24). The smallest absolute Gasteiger partial charge is 0.306 e. The van der Waals surface area contributed by atoms with Crippen molar-refractivity contribution in [3.8, 4) is 0 Å². The van der Waals surface area contributed by atoms with Crippen LogP contribution in [0.4, 0.5) is 4.39 Å². The molecule has 2 amide bonds. The summed E-state index contributed by atoms with van der Waals surface area (Å²) in [7, 11) is 1.31. The first kappa shape index (κ1) is 20.9. The van der Waals surface area contributed by atoms with E-state index in [4.69, 9.17) is 0 Å². The van der Waals surface area contributed by atoms with E-state index in [0.29, 0.717) is 32.0 Å². The molecular weight excluding hydrogens is 351 g/mol. The van der Waals surface area contributed by atoms with E-state index in [9.17, 15) is 18.8 Å². The molecule has 27 heavy (non-hydrogen) atoms. The highest BCUT2D eigenvalue weighted by Crippen LogP contribution is 2.22. The number of carbonyl (C=O) groups is 3. The van der Waals surface area contributed by atoms with Crippen molar-refractivity contribution in [2.45, 2.75) is 45.1 Å². The Kier molecular flexibility index (Phi) is 8.23. The molecule has 2 rings (SSSR count). The Hall–Kier alpha value is -2.44. The highest BCUT2D eigenvalue weighted by atomic mass is 19.1. The summed E-state index contributed by atoms with van der Waals surface area (Å²) in [5.74, 6) is -0.275. The van der Waals surface area contributed by atoms with Gasteiger partial charge in [0.1, 0.15) is 5.82 Å². The fraction of sp³-hybridized carbons (Fsp3) is 0.550. The van der Waals surface area contributed by atoms with Crippen molar-refractivity contribution in [2.24, 2.45) is 5.92 Å². The Balaban J connectivity index is 1.61. The SMILES string of the molecule is COC(=O)CCC(=O)N1CCC(CCC(=O)NCc2ccc(F)cc2)CC1. The number of piperidine rings is 1. The predicted octanol–water partition coefficient (Wildman–Crippen LogP) is 2.41. The fourth-order valence-corrected chi connectivity index (χ4v) is 3.17. The summed E-state index contributed by atoms with van der Waals surface area (Å²) in [6.45, 7) is 1.73. The Morgan fingerprint density at radius 2 is 1.78 bits per heavy atom. The molecule has 148 valence electrons. The highest BCUT2D eigenvalue weighted by molar-refractivity contribution is 5.81. The average molecular weight is 378 g/mol. The zero-order valence-electron chi connectivity index (χ0n) is 15.7. The molecular formula is C20H27FN2O4. The second kappa shape index (κ2) is 10.6. The van der Waals surface area contributed by atoms with E-state index in [1.807, 2.05) is 0 Å². The summed E-state index contributed by atoms with van der Waals surface area (Å²) in [5.41, 5.74) is 0.864. The lowest BCUT2D eigenvalue weighted by Crippen LogP contribution is -2.38. The van der Waals surface area contributed by atoms with Gasteiger partial charge in [-0.25, -0.2) is 4.39 Å². The van der Waals surface area contributed by atoms with Gasteiger partial charge in [-0.3, -0.25) is 14.4 Å². The molecule has 1 aliphatic rings. The van der Waals surface area contributed by atoms with Crippen LogP contribution in [0.2, 0.25) is 0 Å². The molecule has 0 atom stereocenters. The Labute approximate surface area is 159 Å². The summed E-state index contributed by atoms with van der Waals surface area (Å²) >= 11 is 0. The van der Waals surface area contributed by atoms with E-state index in [0.717, 1.165) is 24.8 Å². The van der Waals surface area contributed by atoms with Crippen molar-refractivity contribution < 1.29 is 23.5 Å². The molecule has 0 unspecified atom stereocenters. The van der Waals surface area contributed by atoms with Gasteiger partial charge in [0.15, 0.2) is 0 Å². The zero-order valence-corrected chi connectivity index (χ0v) is 15.7. The molecule has 0 radical (unpaired) electrons. The Morgan fingerprint density at radius 3 is 2.41 bits per heavy atom. The highest BCUT2D eigenvalue weighted by Gasteiger charge is 2.23. The van der Waals surface area contributed by atoms with Gasteiger partial charge in [-0.05, 0) is 42.9 Å². The van der Waals surface area contributed by atoms with Crippen LogP contribution >= 0.6 is 0 Å².